The Bertz CT molecular complexity index is 599. The van der Waals surface area contributed by atoms with E-state index in [1.165, 1.54) is 39.5 Å². The highest BCUT2D eigenvalue weighted by Crippen LogP contribution is 2.29. The van der Waals surface area contributed by atoms with Crippen LogP contribution in [0.4, 0.5) is 0 Å². The Hall–Kier alpha value is -1.80. The van der Waals surface area contributed by atoms with E-state index in [9.17, 15) is 13.2 Å². The molecule has 1 aromatic carbocycles. The van der Waals surface area contributed by atoms with Gasteiger partial charge >= 0.3 is 0 Å². The molecule has 0 aliphatic heterocycles. The van der Waals surface area contributed by atoms with Gasteiger partial charge in [0, 0.05) is 26.1 Å². The van der Waals surface area contributed by atoms with Gasteiger partial charge in [0.1, 0.15) is 0 Å². The predicted octanol–water partition coefficient (Wildman–Crippen LogP) is 0.630. The van der Waals surface area contributed by atoms with Crippen LogP contribution in [-0.2, 0) is 19.4 Å². The molecular formula is C14H21NO6S. The first kappa shape index (κ1) is 18.2. The number of nitrogens with one attached hydrogen (secondary N) is 1. The van der Waals surface area contributed by atoms with Crippen LogP contribution < -0.4 is 14.8 Å². The fraction of sp³-hybridized carbons (Fsp3) is 0.500. The first-order chi connectivity index (χ1) is 10.4. The molecule has 1 amide bonds. The Balaban J connectivity index is 2.72. The number of methoxy groups -OCH3 is 3. The maximum Gasteiger partial charge on any atom is 0.221 e. The zero-order valence-electron chi connectivity index (χ0n) is 12.9. The van der Waals surface area contributed by atoms with E-state index in [-0.39, 0.29) is 23.0 Å². The van der Waals surface area contributed by atoms with Crippen molar-refractivity contribution in [2.24, 2.45) is 0 Å². The molecule has 0 heterocycles. The lowest BCUT2D eigenvalue weighted by Crippen LogP contribution is -2.28. The molecule has 0 spiro atoms. The standard InChI is InChI=1S/C14H21NO6S/c1-19-8-7-15-14(16)6-9-22(17,18)11-4-5-12(20-2)13(10-11)21-3/h4-5,10H,6-9H2,1-3H3,(H,15,16). The normalized spacial score (nSPS) is 11.0. The van der Waals surface area contributed by atoms with Crippen LogP contribution in [0.3, 0.4) is 0 Å². The Morgan fingerprint density at radius 1 is 1.14 bits per heavy atom. The molecule has 0 saturated heterocycles. The minimum atomic E-state index is -3.57. The predicted molar refractivity (Wildman–Crippen MR) is 81.1 cm³/mol. The average Bonchev–Trinajstić information content (AvgIpc) is 2.52. The number of hydrogen-bond acceptors (Lipinski definition) is 6. The van der Waals surface area contributed by atoms with Crippen LogP contribution >= 0.6 is 0 Å². The van der Waals surface area contributed by atoms with Crippen molar-refractivity contribution in [1.82, 2.24) is 5.32 Å². The van der Waals surface area contributed by atoms with E-state index in [0.29, 0.717) is 24.7 Å². The molecule has 0 aliphatic rings. The zero-order chi connectivity index (χ0) is 16.6. The second kappa shape index (κ2) is 8.60. The molecule has 8 heteroatoms. The largest absolute Gasteiger partial charge is 0.493 e. The van der Waals surface area contributed by atoms with E-state index in [4.69, 9.17) is 14.2 Å². The molecule has 0 saturated carbocycles. The van der Waals surface area contributed by atoms with Gasteiger partial charge < -0.3 is 19.5 Å². The summed E-state index contributed by atoms with van der Waals surface area (Å²) in [5.74, 6) is 0.161. The Labute approximate surface area is 130 Å². The maximum absolute atomic E-state index is 12.2. The van der Waals surface area contributed by atoms with Gasteiger partial charge in [0.05, 0.1) is 31.5 Å². The molecule has 0 aromatic heterocycles. The molecule has 0 aliphatic carbocycles. The van der Waals surface area contributed by atoms with Gasteiger partial charge in [-0.1, -0.05) is 0 Å². The molecular weight excluding hydrogens is 310 g/mol. The molecule has 1 aromatic rings. The summed E-state index contributed by atoms with van der Waals surface area (Å²) in [5.41, 5.74) is 0. The maximum atomic E-state index is 12.2. The number of amides is 1. The van der Waals surface area contributed by atoms with Crippen molar-refractivity contribution in [3.05, 3.63) is 18.2 Å². The highest BCUT2D eigenvalue weighted by Gasteiger charge is 2.18. The molecule has 1 N–H and O–H groups in total. The molecule has 1 rings (SSSR count). The van der Waals surface area contributed by atoms with Gasteiger partial charge in [0.25, 0.3) is 0 Å². The van der Waals surface area contributed by atoms with Crippen LogP contribution in [-0.4, -0.2) is 54.6 Å². The lowest BCUT2D eigenvalue weighted by molar-refractivity contribution is -0.120. The zero-order valence-corrected chi connectivity index (χ0v) is 13.7. The first-order valence-electron chi connectivity index (χ1n) is 6.65. The van der Waals surface area contributed by atoms with Crippen LogP contribution in [0.2, 0.25) is 0 Å². The smallest absolute Gasteiger partial charge is 0.221 e. The van der Waals surface area contributed by atoms with Crippen molar-refractivity contribution < 1.29 is 27.4 Å². The summed E-state index contributed by atoms with van der Waals surface area (Å²) in [7, 11) is 0.847. The van der Waals surface area contributed by atoms with E-state index in [2.05, 4.69) is 5.32 Å². The molecule has 0 radical (unpaired) electrons. The molecule has 0 bridgehead atoms. The molecule has 124 valence electrons. The summed E-state index contributed by atoms with van der Waals surface area (Å²) < 4.78 is 39.4. The SMILES string of the molecule is COCCNC(=O)CCS(=O)(=O)c1ccc(OC)c(OC)c1. The first-order valence-corrected chi connectivity index (χ1v) is 8.30. The summed E-state index contributed by atoms with van der Waals surface area (Å²) in [6.07, 6.45) is -0.111. The van der Waals surface area contributed by atoms with Crippen molar-refractivity contribution in [3.8, 4) is 11.5 Å². The molecule has 0 unspecified atom stereocenters. The fourth-order valence-electron chi connectivity index (χ4n) is 1.74. The summed E-state index contributed by atoms with van der Waals surface area (Å²) in [6, 6.07) is 4.33. The summed E-state index contributed by atoms with van der Waals surface area (Å²) in [6.45, 7) is 0.736. The fourth-order valence-corrected chi connectivity index (χ4v) is 2.99. The highest BCUT2D eigenvalue weighted by atomic mass is 32.2. The molecule has 0 atom stereocenters. The van der Waals surface area contributed by atoms with Gasteiger partial charge in [0.15, 0.2) is 21.3 Å². The minimum Gasteiger partial charge on any atom is -0.493 e. The van der Waals surface area contributed by atoms with Crippen molar-refractivity contribution in [2.45, 2.75) is 11.3 Å². The van der Waals surface area contributed by atoms with Gasteiger partial charge in [0.2, 0.25) is 5.91 Å². The second-order valence-corrected chi connectivity index (χ2v) is 6.54. The van der Waals surface area contributed by atoms with Gasteiger partial charge in [-0.2, -0.15) is 0 Å². The quantitative estimate of drug-likeness (QED) is 0.668. The van der Waals surface area contributed by atoms with E-state index in [1.54, 1.807) is 0 Å². The number of carbonyl (C=O) groups excluding carboxylic acids is 1. The average molecular weight is 331 g/mol. The van der Waals surface area contributed by atoms with Crippen LogP contribution in [0, 0.1) is 0 Å². The van der Waals surface area contributed by atoms with Crippen molar-refractivity contribution >= 4 is 15.7 Å². The minimum absolute atomic E-state index is 0.0924. The van der Waals surface area contributed by atoms with Crippen molar-refractivity contribution in [1.29, 1.82) is 0 Å². The van der Waals surface area contributed by atoms with E-state index in [0.717, 1.165) is 0 Å². The molecule has 7 nitrogen and oxygen atoms in total. The number of ether oxygens (including phenoxy) is 3. The van der Waals surface area contributed by atoms with Crippen molar-refractivity contribution in [2.75, 3.05) is 40.2 Å². The topological polar surface area (TPSA) is 90.9 Å². The van der Waals surface area contributed by atoms with Crippen LogP contribution in [0.1, 0.15) is 6.42 Å². The van der Waals surface area contributed by atoms with Gasteiger partial charge in [-0.15, -0.1) is 0 Å². The van der Waals surface area contributed by atoms with Crippen molar-refractivity contribution in [3.63, 3.8) is 0 Å². The van der Waals surface area contributed by atoms with E-state index < -0.39 is 9.84 Å². The summed E-state index contributed by atoms with van der Waals surface area (Å²) in [5, 5.41) is 2.58. The number of carbonyl (C=O) groups is 1. The lowest BCUT2D eigenvalue weighted by atomic mass is 10.3. The lowest BCUT2D eigenvalue weighted by Gasteiger charge is -2.10. The number of rotatable bonds is 9. The monoisotopic (exact) mass is 331 g/mol. The number of hydrogen-bond donors (Lipinski definition) is 1. The number of benzene rings is 1. The van der Waals surface area contributed by atoms with E-state index in [1.807, 2.05) is 0 Å². The third-order valence-corrected chi connectivity index (χ3v) is 4.65. The van der Waals surface area contributed by atoms with Crippen LogP contribution in [0.5, 0.6) is 11.5 Å². The third-order valence-electron chi connectivity index (χ3n) is 2.94. The van der Waals surface area contributed by atoms with Gasteiger partial charge in [-0.25, -0.2) is 8.42 Å². The van der Waals surface area contributed by atoms with Crippen LogP contribution in [0.15, 0.2) is 23.1 Å². The Morgan fingerprint density at radius 3 is 2.41 bits per heavy atom. The van der Waals surface area contributed by atoms with E-state index >= 15 is 0 Å². The molecule has 22 heavy (non-hydrogen) atoms. The third kappa shape index (κ3) is 5.19. The number of sulfone groups is 1. The van der Waals surface area contributed by atoms with Gasteiger partial charge in [-0.3, -0.25) is 4.79 Å². The Kier molecular flexibility index (Phi) is 7.13. The summed E-state index contributed by atoms with van der Waals surface area (Å²) >= 11 is 0. The van der Waals surface area contributed by atoms with Crippen LogP contribution in [0.25, 0.3) is 0 Å². The Morgan fingerprint density at radius 2 is 1.82 bits per heavy atom. The highest BCUT2D eigenvalue weighted by molar-refractivity contribution is 7.91. The second-order valence-electron chi connectivity index (χ2n) is 4.43. The summed E-state index contributed by atoms with van der Waals surface area (Å²) in [4.78, 5) is 11.6. The molecule has 0 fully saturated rings. The van der Waals surface area contributed by atoms with Gasteiger partial charge in [-0.05, 0) is 12.1 Å².